The summed E-state index contributed by atoms with van der Waals surface area (Å²) in [6.45, 7) is 1.57. The number of likely N-dealkylation sites (tertiary alicyclic amines) is 1. The zero-order valence-corrected chi connectivity index (χ0v) is 18.9. The topological polar surface area (TPSA) is 86.3 Å². The number of hydrogen-bond donors (Lipinski definition) is 1. The standard InChI is InChI=1S/C26H26N2O6/c1-31-18-5-2-16(3-6-18)9-11-27-24(29)22-20-8-10-26(34-20)14-28(25(30)23(22)26)13-17-4-7-19-21(12-17)33-15-32-19/h2-8,10,12,20,22-23H,9,11,13-15H2,1H3,(H,27,29)/t20-,22-,23+,26+/m1/s1. The smallest absolute Gasteiger partial charge is 0.231 e. The van der Waals surface area contributed by atoms with Crippen LogP contribution in [0.15, 0.2) is 54.6 Å². The van der Waals surface area contributed by atoms with Gasteiger partial charge in [0, 0.05) is 13.1 Å². The summed E-state index contributed by atoms with van der Waals surface area (Å²) in [6, 6.07) is 13.5. The van der Waals surface area contributed by atoms with Gasteiger partial charge in [0.25, 0.3) is 0 Å². The summed E-state index contributed by atoms with van der Waals surface area (Å²) in [5.74, 6) is 1.01. The summed E-state index contributed by atoms with van der Waals surface area (Å²) in [6.07, 6.45) is 4.24. The Bertz CT molecular complexity index is 1160. The maximum Gasteiger partial charge on any atom is 0.231 e. The van der Waals surface area contributed by atoms with Crippen molar-refractivity contribution in [2.75, 3.05) is 27.0 Å². The summed E-state index contributed by atoms with van der Waals surface area (Å²) in [7, 11) is 1.63. The SMILES string of the molecule is COc1ccc(CCNC(=O)[C@H]2[C@H]3C(=O)N(Cc4ccc5c(c4)OCO5)C[C@@]34C=C[C@H]2O4)cc1. The molecule has 2 fully saturated rings. The summed E-state index contributed by atoms with van der Waals surface area (Å²) in [5, 5.41) is 3.02. The third-order valence-electron chi connectivity index (χ3n) is 7.16. The summed E-state index contributed by atoms with van der Waals surface area (Å²) >= 11 is 0. The molecular weight excluding hydrogens is 436 g/mol. The number of nitrogens with one attached hydrogen (secondary N) is 1. The van der Waals surface area contributed by atoms with Crippen molar-refractivity contribution < 1.29 is 28.5 Å². The van der Waals surface area contributed by atoms with Crippen molar-refractivity contribution in [1.82, 2.24) is 10.2 Å². The van der Waals surface area contributed by atoms with Gasteiger partial charge < -0.3 is 29.2 Å². The van der Waals surface area contributed by atoms with E-state index >= 15 is 0 Å². The first-order chi connectivity index (χ1) is 16.6. The van der Waals surface area contributed by atoms with Gasteiger partial charge in [-0.15, -0.1) is 0 Å². The number of benzene rings is 2. The fourth-order valence-electron chi connectivity index (χ4n) is 5.51. The van der Waals surface area contributed by atoms with E-state index < -0.39 is 17.4 Å². The van der Waals surface area contributed by atoms with Crippen LogP contribution in [0.25, 0.3) is 0 Å². The van der Waals surface area contributed by atoms with E-state index in [1.54, 1.807) is 12.0 Å². The molecule has 1 spiro atoms. The van der Waals surface area contributed by atoms with Crippen LogP contribution in [0.1, 0.15) is 11.1 Å². The average molecular weight is 463 g/mol. The first kappa shape index (κ1) is 21.0. The molecule has 4 atom stereocenters. The molecule has 34 heavy (non-hydrogen) atoms. The maximum atomic E-state index is 13.4. The van der Waals surface area contributed by atoms with Gasteiger partial charge in [0.1, 0.15) is 11.4 Å². The van der Waals surface area contributed by atoms with Crippen LogP contribution in [0.3, 0.4) is 0 Å². The lowest BCUT2D eigenvalue weighted by Gasteiger charge is -2.23. The van der Waals surface area contributed by atoms with Gasteiger partial charge in [-0.25, -0.2) is 0 Å². The minimum atomic E-state index is -0.726. The molecular formula is C26H26N2O6. The highest BCUT2D eigenvalue weighted by Crippen LogP contribution is 2.52. The molecule has 2 bridgehead atoms. The van der Waals surface area contributed by atoms with Crippen LogP contribution >= 0.6 is 0 Å². The lowest BCUT2D eigenvalue weighted by molar-refractivity contribution is -0.137. The maximum absolute atomic E-state index is 13.4. The van der Waals surface area contributed by atoms with Crippen molar-refractivity contribution in [2.24, 2.45) is 11.8 Å². The number of nitrogens with zero attached hydrogens (tertiary/aromatic N) is 1. The van der Waals surface area contributed by atoms with Gasteiger partial charge in [0.05, 0.1) is 31.6 Å². The van der Waals surface area contributed by atoms with Gasteiger partial charge in [-0.2, -0.15) is 0 Å². The Morgan fingerprint density at radius 1 is 1.15 bits per heavy atom. The molecule has 2 saturated heterocycles. The molecule has 2 amide bonds. The van der Waals surface area contributed by atoms with E-state index in [-0.39, 0.29) is 24.7 Å². The Hall–Kier alpha value is -3.52. The van der Waals surface area contributed by atoms with Gasteiger partial charge in [0.2, 0.25) is 18.6 Å². The largest absolute Gasteiger partial charge is 0.497 e. The lowest BCUT2D eigenvalue weighted by Crippen LogP contribution is -2.44. The van der Waals surface area contributed by atoms with Crippen LogP contribution in [0.2, 0.25) is 0 Å². The fraction of sp³-hybridized carbons (Fsp3) is 0.385. The second-order valence-electron chi connectivity index (χ2n) is 9.17. The molecule has 4 heterocycles. The predicted molar refractivity (Wildman–Crippen MR) is 121 cm³/mol. The molecule has 4 aliphatic heterocycles. The van der Waals surface area contributed by atoms with Crippen LogP contribution < -0.4 is 19.5 Å². The van der Waals surface area contributed by atoms with Gasteiger partial charge in [-0.3, -0.25) is 9.59 Å². The van der Waals surface area contributed by atoms with E-state index in [2.05, 4.69) is 5.32 Å². The summed E-state index contributed by atoms with van der Waals surface area (Å²) < 4.78 is 22.2. The molecule has 2 aromatic rings. The Balaban J connectivity index is 1.12. The lowest BCUT2D eigenvalue weighted by atomic mass is 9.77. The minimum Gasteiger partial charge on any atom is -0.497 e. The van der Waals surface area contributed by atoms with E-state index in [1.807, 2.05) is 54.6 Å². The van der Waals surface area contributed by atoms with Crippen molar-refractivity contribution in [3.8, 4) is 17.2 Å². The summed E-state index contributed by atoms with van der Waals surface area (Å²) in [4.78, 5) is 28.4. The van der Waals surface area contributed by atoms with Gasteiger partial charge in [-0.05, 0) is 41.8 Å². The molecule has 8 nitrogen and oxygen atoms in total. The quantitative estimate of drug-likeness (QED) is 0.634. The summed E-state index contributed by atoms with van der Waals surface area (Å²) in [5.41, 5.74) is 1.33. The number of fused-ring (bicyclic) bond motifs is 2. The number of carbonyl (C=O) groups is 2. The Kier molecular flexibility index (Phi) is 4.99. The van der Waals surface area contributed by atoms with E-state index in [0.717, 1.165) is 16.9 Å². The van der Waals surface area contributed by atoms with Crippen LogP contribution in [0.5, 0.6) is 17.2 Å². The second kappa shape index (κ2) is 8.06. The number of amides is 2. The Morgan fingerprint density at radius 3 is 2.76 bits per heavy atom. The Labute approximate surface area is 197 Å². The average Bonchev–Trinajstić information content (AvgIpc) is 3.61. The molecule has 0 radical (unpaired) electrons. The van der Waals surface area contributed by atoms with Crippen molar-refractivity contribution in [2.45, 2.75) is 24.7 Å². The highest BCUT2D eigenvalue weighted by Gasteiger charge is 2.66. The third kappa shape index (κ3) is 3.40. The van der Waals surface area contributed by atoms with E-state index in [4.69, 9.17) is 18.9 Å². The molecule has 1 N–H and O–H groups in total. The van der Waals surface area contributed by atoms with E-state index in [0.29, 0.717) is 37.6 Å². The molecule has 176 valence electrons. The monoisotopic (exact) mass is 462 g/mol. The number of carbonyl (C=O) groups excluding carboxylic acids is 2. The van der Waals surface area contributed by atoms with Crippen LogP contribution in [0, 0.1) is 11.8 Å². The van der Waals surface area contributed by atoms with E-state index in [1.165, 1.54) is 0 Å². The van der Waals surface area contributed by atoms with Crippen molar-refractivity contribution >= 4 is 11.8 Å². The number of hydrogen-bond acceptors (Lipinski definition) is 6. The molecule has 4 aliphatic rings. The zero-order valence-electron chi connectivity index (χ0n) is 18.9. The molecule has 2 aromatic carbocycles. The molecule has 0 unspecified atom stereocenters. The molecule has 6 rings (SSSR count). The fourth-order valence-corrected chi connectivity index (χ4v) is 5.51. The van der Waals surface area contributed by atoms with Crippen molar-refractivity contribution in [3.63, 3.8) is 0 Å². The highest BCUT2D eigenvalue weighted by atomic mass is 16.7. The van der Waals surface area contributed by atoms with Crippen LogP contribution in [-0.4, -0.2) is 55.4 Å². The van der Waals surface area contributed by atoms with Gasteiger partial charge >= 0.3 is 0 Å². The van der Waals surface area contributed by atoms with Crippen molar-refractivity contribution in [1.29, 1.82) is 0 Å². The Morgan fingerprint density at radius 2 is 1.94 bits per heavy atom. The highest BCUT2D eigenvalue weighted by molar-refractivity contribution is 5.93. The minimum absolute atomic E-state index is 0.0418. The zero-order chi connectivity index (χ0) is 23.3. The molecule has 0 aliphatic carbocycles. The van der Waals surface area contributed by atoms with Gasteiger partial charge in [0.15, 0.2) is 11.5 Å². The third-order valence-corrected chi connectivity index (χ3v) is 7.16. The predicted octanol–water partition coefficient (Wildman–Crippen LogP) is 2.06. The van der Waals surface area contributed by atoms with Crippen LogP contribution in [0.4, 0.5) is 0 Å². The van der Waals surface area contributed by atoms with E-state index in [9.17, 15) is 9.59 Å². The number of ether oxygens (including phenoxy) is 4. The normalized spacial score (nSPS) is 27.9. The first-order valence-electron chi connectivity index (χ1n) is 11.5. The first-order valence-corrected chi connectivity index (χ1v) is 11.5. The second-order valence-corrected chi connectivity index (χ2v) is 9.17. The molecule has 8 heteroatoms. The van der Waals surface area contributed by atoms with Gasteiger partial charge in [-0.1, -0.05) is 30.4 Å². The number of rotatable bonds is 7. The van der Waals surface area contributed by atoms with Crippen molar-refractivity contribution in [3.05, 3.63) is 65.7 Å². The molecule has 0 aromatic heterocycles. The van der Waals surface area contributed by atoms with Crippen LogP contribution in [-0.2, 0) is 27.3 Å². The molecule has 0 saturated carbocycles. The number of methoxy groups -OCH3 is 1.